The molecule has 0 aliphatic rings. The number of hydrogen-bond donors (Lipinski definition) is 0. The van der Waals surface area contributed by atoms with E-state index in [2.05, 4.69) is 156 Å². The first-order chi connectivity index (χ1) is 18.8. The largest absolute Gasteiger partial charge is 0.309 e. The monoisotopic (exact) mass is 485 g/mol. The van der Waals surface area contributed by atoms with Crippen LogP contribution in [-0.2, 0) is 6.42 Å². The maximum atomic E-state index is 2.37. The standard InChI is InChI=1S/C37H27N/c1-3-11-29(12-4-1)30-20-18-27(19-21-30)24-28-10-9-13-31(25-28)32-22-23-37-35(26-32)34-16-7-8-17-36(34)38(37)33-14-5-2-6-15-33/h1-23,25-26H,24H2. The smallest absolute Gasteiger partial charge is 0.0541 e. The van der Waals surface area contributed by atoms with Crippen LogP contribution in [0.4, 0.5) is 0 Å². The first-order valence-corrected chi connectivity index (χ1v) is 13.2. The molecule has 7 rings (SSSR count). The predicted molar refractivity (Wildman–Crippen MR) is 161 cm³/mol. The molecule has 1 heteroatoms. The van der Waals surface area contributed by atoms with Gasteiger partial charge >= 0.3 is 0 Å². The molecule has 0 amide bonds. The molecule has 1 nitrogen and oxygen atoms in total. The van der Waals surface area contributed by atoms with Crippen molar-refractivity contribution in [1.82, 2.24) is 4.57 Å². The van der Waals surface area contributed by atoms with Crippen LogP contribution in [0.25, 0.3) is 49.7 Å². The van der Waals surface area contributed by atoms with Gasteiger partial charge in [-0.1, -0.05) is 121 Å². The Hall–Kier alpha value is -4.88. The van der Waals surface area contributed by atoms with Crippen molar-refractivity contribution in [2.45, 2.75) is 6.42 Å². The molecular weight excluding hydrogens is 458 g/mol. The SMILES string of the molecule is c1ccc(-c2ccc(Cc3cccc(-c4ccc5c(c4)c4ccccc4n5-c4ccccc4)c3)cc2)cc1. The fourth-order valence-electron chi connectivity index (χ4n) is 5.55. The van der Waals surface area contributed by atoms with Crippen LogP contribution >= 0.6 is 0 Å². The van der Waals surface area contributed by atoms with Crippen LogP contribution in [0.5, 0.6) is 0 Å². The van der Waals surface area contributed by atoms with Crippen molar-refractivity contribution in [1.29, 1.82) is 0 Å². The number of nitrogens with zero attached hydrogens (tertiary/aromatic N) is 1. The summed E-state index contributed by atoms with van der Waals surface area (Å²) >= 11 is 0. The molecule has 6 aromatic carbocycles. The Morgan fingerprint density at radius 2 is 0.974 bits per heavy atom. The summed E-state index contributed by atoms with van der Waals surface area (Å²) < 4.78 is 2.37. The molecule has 0 spiro atoms. The highest BCUT2D eigenvalue weighted by Crippen LogP contribution is 2.35. The van der Waals surface area contributed by atoms with Gasteiger partial charge in [-0.15, -0.1) is 0 Å². The second-order valence-corrected chi connectivity index (χ2v) is 9.86. The van der Waals surface area contributed by atoms with E-state index in [1.165, 1.54) is 60.9 Å². The van der Waals surface area contributed by atoms with E-state index < -0.39 is 0 Å². The zero-order valence-corrected chi connectivity index (χ0v) is 21.1. The average molecular weight is 486 g/mol. The summed E-state index contributed by atoms with van der Waals surface area (Å²) in [6, 6.07) is 54.7. The molecule has 7 aromatic rings. The van der Waals surface area contributed by atoms with Crippen molar-refractivity contribution in [3.63, 3.8) is 0 Å². The van der Waals surface area contributed by atoms with E-state index in [9.17, 15) is 0 Å². The highest BCUT2D eigenvalue weighted by Gasteiger charge is 2.13. The molecule has 0 saturated heterocycles. The van der Waals surface area contributed by atoms with E-state index >= 15 is 0 Å². The van der Waals surface area contributed by atoms with Gasteiger partial charge in [0.05, 0.1) is 11.0 Å². The lowest BCUT2D eigenvalue weighted by Gasteiger charge is -2.09. The van der Waals surface area contributed by atoms with Crippen molar-refractivity contribution in [2.24, 2.45) is 0 Å². The summed E-state index contributed by atoms with van der Waals surface area (Å²) in [6.07, 6.45) is 0.915. The van der Waals surface area contributed by atoms with Gasteiger partial charge in [-0.2, -0.15) is 0 Å². The first-order valence-electron chi connectivity index (χ1n) is 13.2. The summed E-state index contributed by atoms with van der Waals surface area (Å²) in [6.45, 7) is 0. The third-order valence-electron chi connectivity index (χ3n) is 7.42. The van der Waals surface area contributed by atoms with Gasteiger partial charge in [-0.3, -0.25) is 0 Å². The number of benzene rings is 6. The lowest BCUT2D eigenvalue weighted by molar-refractivity contribution is 1.18. The average Bonchev–Trinajstić information content (AvgIpc) is 3.32. The lowest BCUT2D eigenvalue weighted by atomic mass is 9.97. The van der Waals surface area contributed by atoms with Gasteiger partial charge in [-0.05, 0) is 70.1 Å². The minimum absolute atomic E-state index is 0.915. The summed E-state index contributed by atoms with van der Waals surface area (Å²) in [5.74, 6) is 0. The van der Waals surface area contributed by atoms with Gasteiger partial charge in [-0.25, -0.2) is 0 Å². The minimum Gasteiger partial charge on any atom is -0.309 e. The Morgan fingerprint density at radius 1 is 0.368 bits per heavy atom. The van der Waals surface area contributed by atoms with Crippen LogP contribution in [0.1, 0.15) is 11.1 Å². The van der Waals surface area contributed by atoms with E-state index in [1.54, 1.807) is 0 Å². The number of rotatable bonds is 5. The van der Waals surface area contributed by atoms with Gasteiger partial charge in [0.1, 0.15) is 0 Å². The molecule has 0 bridgehead atoms. The number of aromatic nitrogens is 1. The van der Waals surface area contributed by atoms with Crippen molar-refractivity contribution in [2.75, 3.05) is 0 Å². The molecule has 0 aliphatic heterocycles. The molecule has 38 heavy (non-hydrogen) atoms. The maximum absolute atomic E-state index is 2.37. The Bertz CT molecular complexity index is 1860. The number of hydrogen-bond acceptors (Lipinski definition) is 0. The molecule has 1 heterocycles. The molecule has 0 atom stereocenters. The van der Waals surface area contributed by atoms with E-state index in [1.807, 2.05) is 0 Å². The molecule has 0 aliphatic carbocycles. The van der Waals surface area contributed by atoms with E-state index in [0.717, 1.165) is 6.42 Å². The Kier molecular flexibility index (Phi) is 5.60. The normalized spacial score (nSPS) is 11.3. The quantitative estimate of drug-likeness (QED) is 0.229. The second kappa shape index (κ2) is 9.53. The van der Waals surface area contributed by atoms with Gasteiger partial charge in [0, 0.05) is 16.5 Å². The predicted octanol–water partition coefficient (Wildman–Crippen LogP) is 9.71. The molecule has 0 N–H and O–H groups in total. The highest BCUT2D eigenvalue weighted by atomic mass is 15.0. The van der Waals surface area contributed by atoms with Gasteiger partial charge < -0.3 is 4.57 Å². The van der Waals surface area contributed by atoms with Crippen LogP contribution in [0.3, 0.4) is 0 Å². The fourth-order valence-corrected chi connectivity index (χ4v) is 5.55. The molecular formula is C37H27N. The lowest BCUT2D eigenvalue weighted by Crippen LogP contribution is -1.93. The van der Waals surface area contributed by atoms with Crippen LogP contribution in [0, 0.1) is 0 Å². The van der Waals surface area contributed by atoms with Crippen molar-refractivity contribution >= 4 is 21.8 Å². The minimum atomic E-state index is 0.915. The third-order valence-corrected chi connectivity index (χ3v) is 7.42. The fraction of sp³-hybridized carbons (Fsp3) is 0.0270. The zero-order chi connectivity index (χ0) is 25.3. The molecule has 0 radical (unpaired) electrons. The van der Waals surface area contributed by atoms with E-state index in [0.29, 0.717) is 0 Å². The molecule has 0 fully saturated rings. The van der Waals surface area contributed by atoms with Gasteiger partial charge in [0.2, 0.25) is 0 Å². The van der Waals surface area contributed by atoms with Crippen molar-refractivity contribution < 1.29 is 0 Å². The van der Waals surface area contributed by atoms with Gasteiger partial charge in [0.25, 0.3) is 0 Å². The Balaban J connectivity index is 1.23. The maximum Gasteiger partial charge on any atom is 0.0541 e. The van der Waals surface area contributed by atoms with Crippen LogP contribution in [0.2, 0.25) is 0 Å². The topological polar surface area (TPSA) is 4.93 Å². The molecule has 1 aromatic heterocycles. The van der Waals surface area contributed by atoms with E-state index in [4.69, 9.17) is 0 Å². The zero-order valence-electron chi connectivity index (χ0n) is 21.1. The van der Waals surface area contributed by atoms with Crippen LogP contribution in [-0.4, -0.2) is 4.57 Å². The summed E-state index contributed by atoms with van der Waals surface area (Å²) in [5.41, 5.74) is 11.3. The van der Waals surface area contributed by atoms with E-state index in [-0.39, 0.29) is 0 Å². The summed E-state index contributed by atoms with van der Waals surface area (Å²) in [5, 5.41) is 2.56. The van der Waals surface area contributed by atoms with Gasteiger partial charge in [0.15, 0.2) is 0 Å². The Labute approximate surface area is 223 Å². The first kappa shape index (κ1) is 22.3. The van der Waals surface area contributed by atoms with Crippen LogP contribution in [0.15, 0.2) is 152 Å². The molecule has 180 valence electrons. The third kappa shape index (κ3) is 4.09. The Morgan fingerprint density at radius 3 is 1.79 bits per heavy atom. The van der Waals surface area contributed by atoms with Crippen molar-refractivity contribution in [3.05, 3.63) is 163 Å². The molecule has 0 unspecified atom stereocenters. The highest BCUT2D eigenvalue weighted by molar-refractivity contribution is 6.10. The van der Waals surface area contributed by atoms with Crippen LogP contribution < -0.4 is 0 Å². The number of para-hydroxylation sites is 2. The van der Waals surface area contributed by atoms with Crippen molar-refractivity contribution in [3.8, 4) is 27.9 Å². The molecule has 0 saturated carbocycles. The summed E-state index contributed by atoms with van der Waals surface area (Å²) in [4.78, 5) is 0. The summed E-state index contributed by atoms with van der Waals surface area (Å²) in [7, 11) is 0. The number of fused-ring (bicyclic) bond motifs is 3. The second-order valence-electron chi connectivity index (χ2n) is 9.86.